The molecule has 1 aliphatic heterocycles. The fourth-order valence-electron chi connectivity index (χ4n) is 4.54. The number of hydrogen-bond acceptors (Lipinski definition) is 6. The second-order valence-electron chi connectivity index (χ2n) is 9.60. The average molecular weight is 449 g/mol. The monoisotopic (exact) mass is 448 g/mol. The summed E-state index contributed by atoms with van der Waals surface area (Å²) in [5.41, 5.74) is 4.99. The molecular weight excluding hydrogens is 412 g/mol. The second kappa shape index (κ2) is 9.51. The number of ether oxygens (including phenoxy) is 1. The number of aromatic nitrogens is 4. The Labute approximate surface area is 197 Å². The van der Waals surface area contributed by atoms with E-state index in [1.54, 1.807) is 7.11 Å². The van der Waals surface area contributed by atoms with Crippen LogP contribution < -0.4 is 9.64 Å². The van der Waals surface area contributed by atoms with E-state index >= 15 is 0 Å². The summed E-state index contributed by atoms with van der Waals surface area (Å²) >= 11 is 0. The summed E-state index contributed by atoms with van der Waals surface area (Å²) in [4.78, 5) is 5.01. The van der Waals surface area contributed by atoms with Crippen molar-refractivity contribution in [2.45, 2.75) is 52.6 Å². The van der Waals surface area contributed by atoms with E-state index in [4.69, 9.17) is 4.74 Å². The minimum Gasteiger partial charge on any atom is -0.497 e. The fraction of sp³-hybridized carbons (Fsp3) is 0.500. The highest BCUT2D eigenvalue weighted by Gasteiger charge is 2.34. The van der Waals surface area contributed by atoms with Gasteiger partial charge in [-0.05, 0) is 79.4 Å². The van der Waals surface area contributed by atoms with Crippen LogP contribution in [0.15, 0.2) is 42.5 Å². The van der Waals surface area contributed by atoms with Crippen molar-refractivity contribution in [3.8, 4) is 5.75 Å². The van der Waals surface area contributed by atoms with Gasteiger partial charge < -0.3 is 9.64 Å². The van der Waals surface area contributed by atoms with E-state index in [0.717, 1.165) is 44.2 Å². The molecule has 1 aliphatic rings. The van der Waals surface area contributed by atoms with Gasteiger partial charge in [-0.2, -0.15) is 0 Å². The van der Waals surface area contributed by atoms with Gasteiger partial charge in [-0.1, -0.05) is 31.2 Å². The Balaban J connectivity index is 1.65. The zero-order valence-corrected chi connectivity index (χ0v) is 20.7. The summed E-state index contributed by atoms with van der Waals surface area (Å²) in [5, 5.41) is 13.1. The first kappa shape index (κ1) is 23.2. The summed E-state index contributed by atoms with van der Waals surface area (Å²) in [6.07, 6.45) is 0.945. The molecule has 33 heavy (non-hydrogen) atoms. The maximum absolute atomic E-state index is 5.40. The molecule has 0 N–H and O–H groups in total. The Morgan fingerprint density at radius 1 is 1.00 bits per heavy atom. The van der Waals surface area contributed by atoms with Crippen molar-refractivity contribution >= 4 is 5.69 Å². The Morgan fingerprint density at radius 3 is 2.33 bits per heavy atom. The maximum Gasteiger partial charge on any atom is 0.173 e. The molecule has 0 amide bonds. The van der Waals surface area contributed by atoms with Crippen LogP contribution in [-0.2, 0) is 5.54 Å². The molecule has 0 aliphatic carbocycles. The van der Waals surface area contributed by atoms with Crippen molar-refractivity contribution in [1.82, 2.24) is 25.1 Å². The molecule has 3 aromatic rings. The molecule has 7 nitrogen and oxygen atoms in total. The number of hydrogen-bond donors (Lipinski definition) is 0. The molecule has 1 unspecified atom stereocenters. The highest BCUT2D eigenvalue weighted by Crippen LogP contribution is 2.33. The summed E-state index contributed by atoms with van der Waals surface area (Å²) in [6.45, 7) is 14.7. The molecule has 7 heteroatoms. The summed E-state index contributed by atoms with van der Waals surface area (Å²) in [6, 6.07) is 15.0. The predicted octanol–water partition coefficient (Wildman–Crippen LogP) is 4.36. The highest BCUT2D eigenvalue weighted by molar-refractivity contribution is 5.55. The van der Waals surface area contributed by atoms with E-state index in [2.05, 4.69) is 90.3 Å². The molecule has 2 aromatic carbocycles. The van der Waals surface area contributed by atoms with Crippen LogP contribution in [0.5, 0.6) is 5.75 Å². The van der Waals surface area contributed by atoms with Gasteiger partial charge in [-0.15, -0.1) is 5.10 Å². The largest absolute Gasteiger partial charge is 0.497 e. The molecule has 1 saturated heterocycles. The maximum atomic E-state index is 5.40. The first-order valence-corrected chi connectivity index (χ1v) is 11.8. The number of nitrogens with zero attached hydrogens (tertiary/aromatic N) is 6. The van der Waals surface area contributed by atoms with Crippen LogP contribution in [0.25, 0.3) is 0 Å². The van der Waals surface area contributed by atoms with Gasteiger partial charge in [-0.25, -0.2) is 4.68 Å². The Morgan fingerprint density at radius 2 is 1.70 bits per heavy atom. The Hall–Kier alpha value is -2.93. The lowest BCUT2D eigenvalue weighted by atomic mass is 9.99. The molecule has 4 rings (SSSR count). The smallest absolute Gasteiger partial charge is 0.173 e. The number of piperazine rings is 1. The van der Waals surface area contributed by atoms with Crippen molar-refractivity contribution in [2.24, 2.45) is 0 Å². The van der Waals surface area contributed by atoms with E-state index in [-0.39, 0.29) is 11.6 Å². The minimum absolute atomic E-state index is 0.0162. The molecule has 0 radical (unpaired) electrons. The summed E-state index contributed by atoms with van der Waals surface area (Å²) < 4.78 is 7.41. The van der Waals surface area contributed by atoms with E-state index in [0.29, 0.717) is 0 Å². The van der Waals surface area contributed by atoms with Crippen molar-refractivity contribution in [3.63, 3.8) is 0 Å². The fourth-order valence-corrected chi connectivity index (χ4v) is 4.54. The first-order valence-electron chi connectivity index (χ1n) is 11.8. The van der Waals surface area contributed by atoms with Crippen LogP contribution in [0, 0.1) is 13.8 Å². The van der Waals surface area contributed by atoms with Crippen LogP contribution in [-0.4, -0.2) is 58.4 Å². The Bertz CT molecular complexity index is 1070. The van der Waals surface area contributed by atoms with Crippen LogP contribution in [0.3, 0.4) is 0 Å². The summed E-state index contributed by atoms with van der Waals surface area (Å²) in [7, 11) is 1.70. The predicted molar refractivity (Wildman–Crippen MR) is 132 cm³/mol. The third-order valence-corrected chi connectivity index (χ3v) is 6.99. The van der Waals surface area contributed by atoms with Gasteiger partial charge in [0.25, 0.3) is 0 Å². The third-order valence-electron chi connectivity index (χ3n) is 6.99. The molecule has 1 atom stereocenters. The molecular formula is C26H36N6O. The van der Waals surface area contributed by atoms with Gasteiger partial charge in [0.05, 0.1) is 18.7 Å². The van der Waals surface area contributed by atoms with Gasteiger partial charge in [-0.3, -0.25) is 4.90 Å². The van der Waals surface area contributed by atoms with Crippen LogP contribution >= 0.6 is 0 Å². The number of benzene rings is 2. The lowest BCUT2D eigenvalue weighted by Crippen LogP contribution is -2.49. The van der Waals surface area contributed by atoms with Crippen LogP contribution in [0.4, 0.5) is 5.69 Å². The van der Waals surface area contributed by atoms with E-state index < -0.39 is 0 Å². The molecule has 0 bridgehead atoms. The zero-order chi connectivity index (χ0) is 23.6. The van der Waals surface area contributed by atoms with Gasteiger partial charge >= 0.3 is 0 Å². The molecule has 1 aromatic heterocycles. The first-order chi connectivity index (χ1) is 15.8. The highest BCUT2D eigenvalue weighted by atomic mass is 16.5. The van der Waals surface area contributed by atoms with Crippen molar-refractivity contribution in [3.05, 3.63) is 65.0 Å². The molecule has 176 valence electrons. The lowest BCUT2D eigenvalue weighted by molar-refractivity contribution is 0.187. The molecule has 2 heterocycles. The van der Waals surface area contributed by atoms with E-state index in [1.807, 2.05) is 16.8 Å². The van der Waals surface area contributed by atoms with Crippen LogP contribution in [0.1, 0.15) is 55.7 Å². The Kier molecular flexibility index (Phi) is 6.70. The van der Waals surface area contributed by atoms with E-state index in [9.17, 15) is 0 Å². The van der Waals surface area contributed by atoms with Gasteiger partial charge in [0.1, 0.15) is 5.75 Å². The number of methoxy groups -OCH3 is 1. The number of tetrazole rings is 1. The quantitative estimate of drug-likeness (QED) is 0.535. The normalized spacial score (nSPS) is 16.1. The van der Waals surface area contributed by atoms with E-state index in [1.165, 1.54) is 22.4 Å². The standard InChI is InChI=1S/C26H36N6O/c1-7-26(4,5)32-25(27-28-29-32)24(21-10-12-22(33-6)13-11-21)31-16-14-30(15-17-31)23-18-19(2)8-9-20(23)3/h8-13,18,24H,7,14-17H2,1-6H3. The SMILES string of the molecule is CCC(C)(C)n1nnnc1C(c1ccc(OC)cc1)N1CCN(c2cc(C)ccc2C)CC1. The minimum atomic E-state index is -0.163. The summed E-state index contributed by atoms with van der Waals surface area (Å²) in [5.74, 6) is 1.75. The third kappa shape index (κ3) is 4.74. The average Bonchev–Trinajstić information content (AvgIpc) is 3.32. The number of anilines is 1. The van der Waals surface area contributed by atoms with Crippen molar-refractivity contribution < 1.29 is 4.74 Å². The van der Waals surface area contributed by atoms with Gasteiger partial charge in [0.15, 0.2) is 5.82 Å². The van der Waals surface area contributed by atoms with Crippen LogP contribution in [0.2, 0.25) is 0 Å². The zero-order valence-electron chi connectivity index (χ0n) is 20.7. The number of aryl methyl sites for hydroxylation is 2. The van der Waals surface area contributed by atoms with Gasteiger partial charge in [0.2, 0.25) is 0 Å². The molecule has 1 fully saturated rings. The van der Waals surface area contributed by atoms with Crippen molar-refractivity contribution in [2.75, 3.05) is 38.2 Å². The van der Waals surface area contributed by atoms with Crippen molar-refractivity contribution in [1.29, 1.82) is 0 Å². The molecule has 0 saturated carbocycles. The topological polar surface area (TPSA) is 59.3 Å². The van der Waals surface area contributed by atoms with Gasteiger partial charge in [0, 0.05) is 31.9 Å². The molecule has 0 spiro atoms. The lowest BCUT2D eigenvalue weighted by Gasteiger charge is -2.41. The number of rotatable bonds is 7. The second-order valence-corrected chi connectivity index (χ2v) is 9.60.